The van der Waals surface area contributed by atoms with Crippen LogP contribution in [0.1, 0.15) is 29.8 Å². The number of nitrogens with zero attached hydrogens (tertiary/aromatic N) is 2. The highest BCUT2D eigenvalue weighted by Crippen LogP contribution is 2.17. The Morgan fingerprint density at radius 1 is 1.15 bits per heavy atom. The van der Waals surface area contributed by atoms with Crippen LogP contribution in [0.25, 0.3) is 0 Å². The third kappa shape index (κ3) is 7.91. The topological polar surface area (TPSA) is 119 Å². The van der Waals surface area contributed by atoms with E-state index in [0.717, 1.165) is 47.1 Å². The van der Waals surface area contributed by atoms with E-state index in [1.54, 1.807) is 23.5 Å². The number of amides is 1. The van der Waals surface area contributed by atoms with Gasteiger partial charge in [-0.25, -0.2) is 0 Å². The molecule has 144 valence electrons. The van der Waals surface area contributed by atoms with Gasteiger partial charge in [-0.1, -0.05) is 41.7 Å². The van der Waals surface area contributed by atoms with Crippen LogP contribution >= 0.6 is 11.3 Å². The van der Waals surface area contributed by atoms with Crippen molar-refractivity contribution in [3.05, 3.63) is 64.6 Å². The maximum atomic E-state index is 11.9. The highest BCUT2D eigenvalue weighted by Gasteiger charge is 2.04. The first-order valence-corrected chi connectivity index (χ1v) is 9.64. The summed E-state index contributed by atoms with van der Waals surface area (Å²) in [6.07, 6.45) is 7.24. The van der Waals surface area contributed by atoms with Crippen LogP contribution in [-0.2, 0) is 17.6 Å². The molecule has 7 nitrogen and oxygen atoms in total. The number of allylic oxidation sites excluding steroid dienone is 3. The molecule has 6 N–H and O–H groups in total. The molecule has 2 aromatic rings. The molecular weight excluding hydrogens is 360 g/mol. The summed E-state index contributed by atoms with van der Waals surface area (Å²) in [7, 11) is 1.83. The molecule has 0 bridgehead atoms. The van der Waals surface area contributed by atoms with Crippen molar-refractivity contribution in [1.29, 1.82) is 0 Å². The predicted octanol–water partition coefficient (Wildman–Crippen LogP) is 2.29. The Hall–Kier alpha value is -2.87. The number of rotatable bonds is 10. The van der Waals surface area contributed by atoms with Crippen molar-refractivity contribution >= 4 is 22.4 Å². The van der Waals surface area contributed by atoms with Gasteiger partial charge in [0, 0.05) is 19.2 Å². The molecule has 2 rings (SSSR count). The molecule has 0 fully saturated rings. The highest BCUT2D eigenvalue weighted by atomic mass is 32.1. The molecule has 0 aliphatic rings. The second-order valence-electron chi connectivity index (χ2n) is 6.03. The Bertz CT molecular complexity index is 785. The fourth-order valence-corrected chi connectivity index (χ4v) is 3.10. The number of aromatic nitrogens is 2. The number of carbonyl (C=O) groups excluding carboxylic acids is 1. The van der Waals surface area contributed by atoms with E-state index in [1.807, 2.05) is 37.4 Å². The normalized spacial score (nSPS) is 12.0. The minimum Gasteiger partial charge on any atom is -0.402 e. The van der Waals surface area contributed by atoms with Crippen molar-refractivity contribution < 1.29 is 4.79 Å². The van der Waals surface area contributed by atoms with Gasteiger partial charge in [0.05, 0.1) is 6.42 Å². The summed E-state index contributed by atoms with van der Waals surface area (Å²) in [6.45, 7) is 0. The molecule has 1 heterocycles. The van der Waals surface area contributed by atoms with E-state index >= 15 is 0 Å². The lowest BCUT2D eigenvalue weighted by Gasteiger charge is -2.05. The van der Waals surface area contributed by atoms with Gasteiger partial charge in [-0.3, -0.25) is 4.79 Å². The third-order valence-corrected chi connectivity index (χ3v) is 4.76. The highest BCUT2D eigenvalue weighted by molar-refractivity contribution is 7.15. The van der Waals surface area contributed by atoms with Crippen LogP contribution in [0.4, 0.5) is 5.13 Å². The summed E-state index contributed by atoms with van der Waals surface area (Å²) >= 11 is 1.57. The van der Waals surface area contributed by atoms with Crippen LogP contribution in [0.15, 0.2) is 54.0 Å². The first-order valence-electron chi connectivity index (χ1n) is 8.82. The van der Waals surface area contributed by atoms with Gasteiger partial charge in [-0.05, 0) is 37.0 Å². The first-order chi connectivity index (χ1) is 13.1. The van der Waals surface area contributed by atoms with Crippen molar-refractivity contribution in [1.82, 2.24) is 15.5 Å². The SMILES string of the molecule is CNc1nnc(CCCC/C(N)=C/C=C(\N)NC(=O)Cc2ccccc2)s1. The number of anilines is 1. The van der Waals surface area contributed by atoms with Crippen molar-refractivity contribution in [2.75, 3.05) is 12.4 Å². The largest absolute Gasteiger partial charge is 0.402 e. The van der Waals surface area contributed by atoms with E-state index in [-0.39, 0.29) is 18.1 Å². The summed E-state index contributed by atoms with van der Waals surface area (Å²) in [5.74, 6) is 0.132. The van der Waals surface area contributed by atoms with Crippen LogP contribution in [0.3, 0.4) is 0 Å². The van der Waals surface area contributed by atoms with Crippen molar-refractivity contribution in [3.63, 3.8) is 0 Å². The fraction of sp³-hybridized carbons (Fsp3) is 0.316. The zero-order valence-electron chi connectivity index (χ0n) is 15.4. The summed E-state index contributed by atoms with van der Waals surface area (Å²) in [5.41, 5.74) is 13.5. The maximum absolute atomic E-state index is 11.9. The number of carbonyl (C=O) groups is 1. The molecule has 0 aliphatic carbocycles. The number of hydrogen-bond donors (Lipinski definition) is 4. The number of nitrogens with two attached hydrogens (primary N) is 2. The van der Waals surface area contributed by atoms with Gasteiger partial charge >= 0.3 is 0 Å². The number of nitrogens with one attached hydrogen (secondary N) is 2. The van der Waals surface area contributed by atoms with E-state index in [2.05, 4.69) is 20.8 Å². The predicted molar refractivity (Wildman–Crippen MR) is 110 cm³/mol. The number of aryl methyl sites for hydroxylation is 1. The van der Waals surface area contributed by atoms with Gasteiger partial charge in [-0.15, -0.1) is 10.2 Å². The zero-order chi connectivity index (χ0) is 19.5. The third-order valence-electron chi connectivity index (χ3n) is 3.76. The van der Waals surface area contributed by atoms with E-state index in [0.29, 0.717) is 0 Å². The summed E-state index contributed by atoms with van der Waals surface area (Å²) < 4.78 is 0. The van der Waals surface area contributed by atoms with E-state index in [9.17, 15) is 4.79 Å². The molecule has 1 aromatic heterocycles. The molecule has 0 atom stereocenters. The molecule has 1 amide bonds. The Labute approximate surface area is 163 Å². The Morgan fingerprint density at radius 2 is 1.93 bits per heavy atom. The van der Waals surface area contributed by atoms with Crippen molar-refractivity contribution in [2.45, 2.75) is 32.1 Å². The summed E-state index contributed by atoms with van der Waals surface area (Å²) in [4.78, 5) is 11.9. The molecule has 1 aromatic carbocycles. The van der Waals surface area contributed by atoms with Gasteiger partial charge in [0.15, 0.2) is 0 Å². The zero-order valence-corrected chi connectivity index (χ0v) is 16.3. The average molecular weight is 387 g/mol. The molecular formula is C19H26N6OS. The molecule has 8 heteroatoms. The maximum Gasteiger partial charge on any atom is 0.229 e. The standard InChI is InChI=1S/C19H26N6OS/c1-22-19-25-24-18(27-19)10-6-5-9-15(20)11-12-16(21)23-17(26)13-14-7-3-2-4-8-14/h2-4,7-8,11-12H,5-6,9-10,13,20-21H2,1H3,(H,22,25)(H,23,26)/b15-11-,16-12+. The van der Waals surface area contributed by atoms with Gasteiger partial charge in [0.1, 0.15) is 10.8 Å². The van der Waals surface area contributed by atoms with Gasteiger partial charge in [0.2, 0.25) is 11.0 Å². The lowest BCUT2D eigenvalue weighted by atomic mass is 10.1. The average Bonchev–Trinajstić information content (AvgIpc) is 3.12. The lowest BCUT2D eigenvalue weighted by molar-refractivity contribution is -0.119. The lowest BCUT2D eigenvalue weighted by Crippen LogP contribution is -2.28. The van der Waals surface area contributed by atoms with Crippen molar-refractivity contribution in [2.24, 2.45) is 11.5 Å². The van der Waals surface area contributed by atoms with Gasteiger partial charge in [0.25, 0.3) is 0 Å². The van der Waals surface area contributed by atoms with Gasteiger partial charge in [-0.2, -0.15) is 0 Å². The Morgan fingerprint density at radius 3 is 2.63 bits per heavy atom. The van der Waals surface area contributed by atoms with Crippen LogP contribution in [0.2, 0.25) is 0 Å². The molecule has 0 saturated heterocycles. The smallest absolute Gasteiger partial charge is 0.229 e. The van der Waals surface area contributed by atoms with Crippen molar-refractivity contribution in [3.8, 4) is 0 Å². The van der Waals surface area contributed by atoms with Gasteiger partial charge < -0.3 is 22.1 Å². The van der Waals surface area contributed by atoms with E-state index < -0.39 is 0 Å². The quantitative estimate of drug-likeness (QED) is 0.367. The van der Waals surface area contributed by atoms with Crippen LogP contribution in [0, 0.1) is 0 Å². The molecule has 27 heavy (non-hydrogen) atoms. The minimum atomic E-state index is -0.153. The monoisotopic (exact) mass is 386 g/mol. The summed E-state index contributed by atoms with van der Waals surface area (Å²) in [6, 6.07) is 9.51. The van der Waals surface area contributed by atoms with E-state index in [1.165, 1.54) is 0 Å². The molecule has 0 aliphatic heterocycles. The van der Waals surface area contributed by atoms with Crippen LogP contribution < -0.4 is 22.1 Å². The molecule has 0 radical (unpaired) electrons. The molecule has 0 saturated carbocycles. The minimum absolute atomic E-state index is 0.153. The van der Waals surface area contributed by atoms with E-state index in [4.69, 9.17) is 11.5 Å². The number of benzene rings is 1. The second-order valence-corrected chi connectivity index (χ2v) is 7.09. The number of unbranched alkanes of at least 4 members (excludes halogenated alkanes) is 1. The molecule has 0 spiro atoms. The fourth-order valence-electron chi connectivity index (χ4n) is 2.37. The molecule has 0 unspecified atom stereocenters. The Kier molecular flexibility index (Phi) is 8.31. The second kappa shape index (κ2) is 11.0. The Balaban J connectivity index is 1.68. The first kappa shape index (κ1) is 20.4. The van der Waals surface area contributed by atoms with Crippen LogP contribution in [-0.4, -0.2) is 23.2 Å². The van der Waals surface area contributed by atoms with Crippen LogP contribution in [0.5, 0.6) is 0 Å². The number of hydrogen-bond acceptors (Lipinski definition) is 7. The summed E-state index contributed by atoms with van der Waals surface area (Å²) in [5, 5.41) is 15.6.